The number of fused-ring (bicyclic) bond motifs is 1. The Hall–Kier alpha value is -2.06. The van der Waals surface area contributed by atoms with Gasteiger partial charge in [-0.1, -0.05) is 26.7 Å². The number of terminal acetylenes is 1. The first-order valence-electron chi connectivity index (χ1n) is 9.40. The second kappa shape index (κ2) is 6.77. The molecular weight excluding hydrogens is 381 g/mol. The molecule has 3 rings (SSSR count). The summed E-state index contributed by atoms with van der Waals surface area (Å²) in [5.41, 5.74) is 4.27. The van der Waals surface area contributed by atoms with E-state index in [1.807, 2.05) is 13.1 Å². The average molecular weight is 409 g/mol. The minimum Gasteiger partial charge on any atom is -0.413 e. The van der Waals surface area contributed by atoms with Crippen molar-refractivity contribution in [1.82, 2.24) is 19.5 Å². The van der Waals surface area contributed by atoms with E-state index in [0.29, 0.717) is 0 Å². The van der Waals surface area contributed by atoms with Gasteiger partial charge >= 0.3 is 6.08 Å². The molecule has 2 aromatic heterocycles. The van der Waals surface area contributed by atoms with E-state index in [9.17, 15) is 9.50 Å². The van der Waals surface area contributed by atoms with Gasteiger partial charge in [-0.25, -0.2) is 4.98 Å². The molecule has 0 unspecified atom stereocenters. The maximum absolute atomic E-state index is 13.7. The van der Waals surface area contributed by atoms with Gasteiger partial charge in [0.2, 0.25) is 0 Å². The monoisotopic (exact) mass is 408 g/mol. The Balaban J connectivity index is 1.94. The predicted molar refractivity (Wildman–Crippen MR) is 105 cm³/mol. The summed E-state index contributed by atoms with van der Waals surface area (Å²) in [5.74, 6) is 2.31. The van der Waals surface area contributed by atoms with Crippen LogP contribution < -0.4 is 5.73 Å². The summed E-state index contributed by atoms with van der Waals surface area (Å²) in [4.78, 5) is 11.3. The number of anilines is 1. The van der Waals surface area contributed by atoms with Crippen LogP contribution in [0.3, 0.4) is 0 Å². The Kier molecular flexibility index (Phi) is 4.66. The average Bonchev–Trinajstić information content (AvgIpc) is 3.10. The molecule has 3 atom stereocenters. The zero-order valence-electron chi connectivity index (χ0n) is 17.7. The van der Waals surface area contributed by atoms with Crippen molar-refractivity contribution in [3.8, 4) is 12.3 Å². The van der Waals surface area contributed by atoms with E-state index in [-0.39, 0.29) is 35.0 Å². The van der Waals surface area contributed by atoms with Gasteiger partial charge in [-0.3, -0.25) is 4.57 Å². The third-order valence-electron chi connectivity index (χ3n) is 5.58. The quantitative estimate of drug-likeness (QED) is 0.454. The fourth-order valence-corrected chi connectivity index (χ4v) is 3.72. The number of aromatic nitrogens is 4. The molecule has 28 heavy (non-hydrogen) atoms. The van der Waals surface area contributed by atoms with Crippen LogP contribution in [0.5, 0.6) is 0 Å². The fourth-order valence-electron chi connectivity index (χ4n) is 2.72. The molecule has 152 valence electrons. The summed E-state index contributed by atoms with van der Waals surface area (Å²) in [5, 5.41) is 10.7. The zero-order chi connectivity index (χ0) is 21.8. The number of halogens is 1. The first kappa shape index (κ1) is 19.3. The first-order chi connectivity index (χ1) is 13.2. The van der Waals surface area contributed by atoms with Gasteiger partial charge < -0.3 is 20.0 Å². The molecule has 0 aliphatic carbocycles. The Labute approximate surface area is 165 Å². The summed E-state index contributed by atoms with van der Waals surface area (Å²) in [7, 11) is -2.22. The van der Waals surface area contributed by atoms with Gasteiger partial charge in [0.25, 0.3) is 0 Å². The van der Waals surface area contributed by atoms with Gasteiger partial charge in [-0.2, -0.15) is 14.4 Å². The number of hydrogen-bond donors (Lipinski definition) is 2. The van der Waals surface area contributed by atoms with Gasteiger partial charge in [0, 0.05) is 6.42 Å². The van der Waals surface area contributed by atoms with Crippen LogP contribution in [0.2, 0.25) is 18.1 Å². The summed E-state index contributed by atoms with van der Waals surface area (Å²) in [6.07, 6.45) is 2.81. The predicted octanol–water partition coefficient (Wildman–Crippen LogP) is 2.22. The number of aliphatic hydroxyl groups is 1. The third kappa shape index (κ3) is 3.39. The number of nitrogens with zero attached hydrogens (tertiary/aromatic N) is 4. The molecule has 0 spiro atoms. The van der Waals surface area contributed by atoms with Crippen molar-refractivity contribution < 1.29 is 20.0 Å². The molecule has 3 heterocycles. The number of nitrogen functional groups attached to an aromatic ring is 1. The standard InChI is InChI=1S/C18H26FN5O3Si/c1-7-18(9-26-28(5,6)17(2,3)4)11(25)8-12(27-18)24-10-21-13-14(20)22-16(19)23-15(13)24/h1,10-12,25H,8-9H2,2-6H3,(H2,20,22,23)/t11-,12-,18-/m1/s1/i11D. The molecule has 3 N–H and O–H groups in total. The number of nitrogens with two attached hydrogens (primary N) is 1. The summed E-state index contributed by atoms with van der Waals surface area (Å²) < 4.78 is 35.6. The van der Waals surface area contributed by atoms with Crippen LogP contribution in [-0.2, 0) is 9.16 Å². The van der Waals surface area contributed by atoms with E-state index >= 15 is 0 Å². The molecule has 1 aliphatic heterocycles. The van der Waals surface area contributed by atoms with Crippen molar-refractivity contribution in [3.05, 3.63) is 12.4 Å². The minimum atomic E-state index is -2.22. The maximum Gasteiger partial charge on any atom is 0.312 e. The lowest BCUT2D eigenvalue weighted by atomic mass is 9.99. The van der Waals surface area contributed by atoms with Crippen LogP contribution in [-0.4, -0.2) is 51.2 Å². The largest absolute Gasteiger partial charge is 0.413 e. The Bertz CT molecular complexity index is 984. The highest BCUT2D eigenvalue weighted by Crippen LogP contribution is 2.41. The molecule has 0 aromatic carbocycles. The van der Waals surface area contributed by atoms with Crippen LogP contribution in [0.4, 0.5) is 10.2 Å². The lowest BCUT2D eigenvalue weighted by Crippen LogP contribution is -2.49. The lowest BCUT2D eigenvalue weighted by Gasteiger charge is -2.39. The summed E-state index contributed by atoms with van der Waals surface area (Å²) in [6, 6.07) is 0. The van der Waals surface area contributed by atoms with Crippen LogP contribution in [0.15, 0.2) is 6.33 Å². The molecule has 2 aromatic rings. The Morgan fingerprint density at radius 1 is 1.57 bits per heavy atom. The smallest absolute Gasteiger partial charge is 0.312 e. The van der Waals surface area contributed by atoms with Crippen LogP contribution in [0.1, 0.15) is 34.8 Å². The van der Waals surface area contributed by atoms with Crippen LogP contribution in [0.25, 0.3) is 11.2 Å². The van der Waals surface area contributed by atoms with Crippen molar-refractivity contribution in [3.63, 3.8) is 0 Å². The minimum absolute atomic E-state index is 0.0898. The van der Waals surface area contributed by atoms with E-state index in [1.54, 1.807) is 0 Å². The Morgan fingerprint density at radius 3 is 2.86 bits per heavy atom. The topological polar surface area (TPSA) is 108 Å². The summed E-state index contributed by atoms with van der Waals surface area (Å²) >= 11 is 0. The third-order valence-corrected chi connectivity index (χ3v) is 10.1. The molecule has 0 saturated carbocycles. The normalized spacial score (nSPS) is 29.1. The molecule has 0 amide bonds. The van der Waals surface area contributed by atoms with Gasteiger partial charge in [0.15, 0.2) is 30.9 Å². The molecule has 0 radical (unpaired) electrons. The lowest BCUT2D eigenvalue weighted by molar-refractivity contribution is -0.0863. The summed E-state index contributed by atoms with van der Waals surface area (Å²) in [6.45, 7) is 10.2. The van der Waals surface area contributed by atoms with Crippen molar-refractivity contribution >= 4 is 25.3 Å². The molecule has 0 bridgehead atoms. The van der Waals surface area contributed by atoms with E-state index in [4.69, 9.17) is 22.7 Å². The second-order valence-corrected chi connectivity index (χ2v) is 13.3. The van der Waals surface area contributed by atoms with Crippen molar-refractivity contribution in [2.45, 2.75) is 63.2 Å². The number of rotatable bonds is 4. The SMILES string of the molecule is [2H][C@@]1(O)C[C@H](n2cnc3c(N)nc(F)nc32)O[C@]1(C#C)CO[Si](C)(C)C(C)(C)C. The zero-order valence-corrected chi connectivity index (χ0v) is 17.7. The van der Waals surface area contributed by atoms with Gasteiger partial charge in [0.1, 0.15) is 12.3 Å². The highest BCUT2D eigenvalue weighted by atomic mass is 28.4. The van der Waals surface area contributed by atoms with E-state index in [2.05, 4.69) is 41.6 Å². The highest BCUT2D eigenvalue weighted by molar-refractivity contribution is 6.74. The number of hydrogen-bond acceptors (Lipinski definition) is 7. The Morgan fingerprint density at radius 2 is 2.25 bits per heavy atom. The molecule has 10 heteroatoms. The molecule has 1 fully saturated rings. The fraction of sp³-hybridized carbons (Fsp3) is 0.611. The van der Waals surface area contributed by atoms with Crippen LogP contribution in [0, 0.1) is 18.4 Å². The maximum atomic E-state index is 13.7. The number of imidazole rings is 1. The van der Waals surface area contributed by atoms with E-state index in [0.717, 1.165) is 0 Å². The van der Waals surface area contributed by atoms with E-state index in [1.165, 1.54) is 10.9 Å². The van der Waals surface area contributed by atoms with Gasteiger partial charge in [0.05, 0.1) is 14.3 Å². The van der Waals surface area contributed by atoms with Gasteiger partial charge in [-0.05, 0) is 18.1 Å². The second-order valence-electron chi connectivity index (χ2n) is 8.45. The molecule has 8 nitrogen and oxygen atoms in total. The van der Waals surface area contributed by atoms with Crippen molar-refractivity contribution in [1.29, 1.82) is 0 Å². The molecule has 1 aliphatic rings. The number of ether oxygens (including phenoxy) is 1. The van der Waals surface area contributed by atoms with Gasteiger partial charge in [-0.15, -0.1) is 6.42 Å². The van der Waals surface area contributed by atoms with Crippen LogP contribution >= 0.6 is 0 Å². The first-order valence-corrected chi connectivity index (χ1v) is 11.8. The highest BCUT2D eigenvalue weighted by Gasteiger charge is 2.50. The molecule has 1 saturated heterocycles. The van der Waals surface area contributed by atoms with Crippen molar-refractivity contribution in [2.75, 3.05) is 12.3 Å². The van der Waals surface area contributed by atoms with Crippen molar-refractivity contribution in [2.24, 2.45) is 0 Å². The molecular formula is C18H26FN5O3Si. The van der Waals surface area contributed by atoms with E-state index < -0.39 is 32.3 Å².